The smallest absolute Gasteiger partial charge is 0.261 e. The topological polar surface area (TPSA) is 89.8 Å². The number of H-pyrrole nitrogens is 2. The molecular formula is C23H20N4O2S2. The minimum absolute atomic E-state index is 0.0773. The Labute approximate surface area is 186 Å². The van der Waals surface area contributed by atoms with Crippen LogP contribution < -0.4 is 10.6 Å². The first-order valence-electron chi connectivity index (χ1n) is 9.88. The van der Waals surface area contributed by atoms with Crippen molar-refractivity contribution in [3.8, 4) is 0 Å². The van der Waals surface area contributed by atoms with Crippen molar-refractivity contribution in [2.24, 2.45) is 0 Å². The Kier molecular flexibility index (Phi) is 5.09. The van der Waals surface area contributed by atoms with Gasteiger partial charge in [0.05, 0.1) is 36.2 Å². The Morgan fingerprint density at radius 1 is 0.871 bits per heavy atom. The van der Waals surface area contributed by atoms with Crippen LogP contribution in [0.4, 0.5) is 0 Å². The molecule has 0 saturated carbocycles. The van der Waals surface area contributed by atoms with Crippen LogP contribution in [0.15, 0.2) is 60.9 Å². The number of aromatic amines is 2. The van der Waals surface area contributed by atoms with E-state index in [1.807, 2.05) is 67.8 Å². The second-order valence-electron chi connectivity index (χ2n) is 7.35. The molecule has 31 heavy (non-hydrogen) atoms. The Hall–Kier alpha value is -3.36. The lowest BCUT2D eigenvalue weighted by Gasteiger charge is -2.14. The van der Waals surface area contributed by atoms with Gasteiger partial charge in [-0.1, -0.05) is 24.3 Å². The van der Waals surface area contributed by atoms with Crippen LogP contribution in [0.2, 0.25) is 0 Å². The number of hydrogen-bond donors (Lipinski definition) is 4. The maximum absolute atomic E-state index is 12.6. The van der Waals surface area contributed by atoms with E-state index < -0.39 is 0 Å². The SMILES string of the molecule is CC(NC(=O)c1cc2[nH]ccc2s1)c1ccc(CNC(=O)c2cc3[nH]ccc3s2)cc1. The zero-order valence-corrected chi connectivity index (χ0v) is 18.3. The van der Waals surface area contributed by atoms with Crippen LogP contribution >= 0.6 is 22.7 Å². The van der Waals surface area contributed by atoms with Gasteiger partial charge in [-0.15, -0.1) is 22.7 Å². The highest BCUT2D eigenvalue weighted by molar-refractivity contribution is 7.21. The number of fused-ring (bicyclic) bond motifs is 2. The number of rotatable bonds is 6. The van der Waals surface area contributed by atoms with Crippen molar-refractivity contribution >= 4 is 54.9 Å². The third-order valence-electron chi connectivity index (χ3n) is 5.20. The van der Waals surface area contributed by atoms with E-state index in [4.69, 9.17) is 0 Å². The van der Waals surface area contributed by atoms with Gasteiger partial charge in [0.2, 0.25) is 0 Å². The Morgan fingerprint density at radius 3 is 2.03 bits per heavy atom. The quantitative estimate of drug-likeness (QED) is 0.288. The van der Waals surface area contributed by atoms with E-state index in [-0.39, 0.29) is 17.9 Å². The van der Waals surface area contributed by atoms with E-state index in [0.717, 1.165) is 31.6 Å². The summed E-state index contributed by atoms with van der Waals surface area (Å²) >= 11 is 2.95. The van der Waals surface area contributed by atoms with Crippen molar-refractivity contribution in [2.75, 3.05) is 0 Å². The average molecular weight is 449 g/mol. The third-order valence-corrected chi connectivity index (χ3v) is 7.39. The second kappa shape index (κ2) is 8.05. The van der Waals surface area contributed by atoms with Crippen molar-refractivity contribution in [1.82, 2.24) is 20.6 Å². The van der Waals surface area contributed by atoms with Crippen molar-refractivity contribution in [3.63, 3.8) is 0 Å². The Bertz CT molecular complexity index is 1320. The molecule has 6 nitrogen and oxygen atoms in total. The molecule has 0 aliphatic heterocycles. The zero-order valence-electron chi connectivity index (χ0n) is 16.7. The van der Waals surface area contributed by atoms with Crippen LogP contribution in [0, 0.1) is 0 Å². The first kappa shape index (κ1) is 19.6. The normalized spacial score (nSPS) is 12.3. The highest BCUT2D eigenvalue weighted by atomic mass is 32.1. The fraction of sp³-hybridized carbons (Fsp3) is 0.130. The third kappa shape index (κ3) is 3.99. The molecule has 0 fully saturated rings. The summed E-state index contributed by atoms with van der Waals surface area (Å²) in [6.07, 6.45) is 3.74. The summed E-state index contributed by atoms with van der Waals surface area (Å²) < 4.78 is 2.15. The fourth-order valence-corrected chi connectivity index (χ4v) is 5.34. The molecule has 5 rings (SSSR count). The monoisotopic (exact) mass is 448 g/mol. The molecule has 1 unspecified atom stereocenters. The maximum atomic E-state index is 12.6. The summed E-state index contributed by atoms with van der Waals surface area (Å²) in [6, 6.07) is 15.5. The van der Waals surface area contributed by atoms with Gasteiger partial charge < -0.3 is 20.6 Å². The van der Waals surface area contributed by atoms with Crippen LogP contribution in [0.3, 0.4) is 0 Å². The molecule has 5 aromatic rings. The van der Waals surface area contributed by atoms with Crippen molar-refractivity contribution in [1.29, 1.82) is 0 Å². The largest absolute Gasteiger partial charge is 0.360 e. The lowest BCUT2D eigenvalue weighted by Crippen LogP contribution is -2.26. The fourth-order valence-electron chi connectivity index (χ4n) is 3.47. The molecule has 0 saturated heterocycles. The summed E-state index contributed by atoms with van der Waals surface area (Å²) in [4.78, 5) is 32.6. The van der Waals surface area contributed by atoms with Gasteiger partial charge in [-0.3, -0.25) is 9.59 Å². The van der Waals surface area contributed by atoms with Crippen LogP contribution in [0.1, 0.15) is 43.4 Å². The van der Waals surface area contributed by atoms with Gasteiger partial charge in [0.15, 0.2) is 0 Å². The number of thiophene rings is 2. The standard InChI is InChI=1S/C23H20N4O2S2/c1-13(27-23(29)21-11-17-19(31-21)7-9-25-17)15-4-2-14(3-5-15)12-26-22(28)20-10-16-18(30-20)6-8-24-16/h2-11,13,24-25H,12H2,1H3,(H,26,28)(H,27,29). The molecule has 0 aliphatic carbocycles. The van der Waals surface area contributed by atoms with Gasteiger partial charge in [-0.25, -0.2) is 0 Å². The number of amides is 2. The maximum Gasteiger partial charge on any atom is 0.261 e. The van der Waals surface area contributed by atoms with Crippen LogP contribution in [-0.4, -0.2) is 21.8 Å². The van der Waals surface area contributed by atoms with Gasteiger partial charge >= 0.3 is 0 Å². The van der Waals surface area contributed by atoms with E-state index in [1.165, 1.54) is 22.7 Å². The predicted molar refractivity (Wildman–Crippen MR) is 126 cm³/mol. The first-order chi connectivity index (χ1) is 15.1. The lowest BCUT2D eigenvalue weighted by atomic mass is 10.1. The van der Waals surface area contributed by atoms with Crippen LogP contribution in [-0.2, 0) is 6.54 Å². The molecule has 0 bridgehead atoms. The van der Waals surface area contributed by atoms with Crippen LogP contribution in [0.25, 0.3) is 20.4 Å². The summed E-state index contributed by atoms with van der Waals surface area (Å²) in [7, 11) is 0. The molecule has 156 valence electrons. The molecular weight excluding hydrogens is 428 g/mol. The van der Waals surface area contributed by atoms with E-state index in [0.29, 0.717) is 16.3 Å². The highest BCUT2D eigenvalue weighted by Gasteiger charge is 2.15. The molecule has 4 heterocycles. The Morgan fingerprint density at radius 2 is 1.45 bits per heavy atom. The predicted octanol–water partition coefficient (Wildman–Crippen LogP) is 5.19. The molecule has 0 aliphatic rings. The molecule has 4 aromatic heterocycles. The molecule has 0 spiro atoms. The zero-order chi connectivity index (χ0) is 21.4. The molecule has 1 atom stereocenters. The summed E-state index contributed by atoms with van der Waals surface area (Å²) in [6.45, 7) is 2.42. The van der Waals surface area contributed by atoms with E-state index in [2.05, 4.69) is 20.6 Å². The molecule has 1 aromatic carbocycles. The number of nitrogens with one attached hydrogen (secondary N) is 4. The van der Waals surface area contributed by atoms with E-state index >= 15 is 0 Å². The molecule has 8 heteroatoms. The number of aromatic nitrogens is 2. The van der Waals surface area contributed by atoms with Crippen molar-refractivity contribution in [2.45, 2.75) is 19.5 Å². The Balaban J connectivity index is 1.18. The molecule has 2 amide bonds. The van der Waals surface area contributed by atoms with Gasteiger partial charge in [0.25, 0.3) is 11.8 Å². The summed E-state index contributed by atoms with van der Waals surface area (Å²) in [5, 5.41) is 6.02. The van der Waals surface area contributed by atoms with Gasteiger partial charge in [0, 0.05) is 18.9 Å². The number of hydrogen-bond acceptors (Lipinski definition) is 4. The summed E-state index contributed by atoms with van der Waals surface area (Å²) in [5.74, 6) is -0.155. The average Bonchev–Trinajstić information content (AvgIpc) is 3.52. The number of carbonyl (C=O) groups excluding carboxylic acids is 2. The highest BCUT2D eigenvalue weighted by Crippen LogP contribution is 2.26. The van der Waals surface area contributed by atoms with Crippen molar-refractivity contribution in [3.05, 3.63) is 81.8 Å². The molecule has 4 N–H and O–H groups in total. The van der Waals surface area contributed by atoms with E-state index in [1.54, 1.807) is 0 Å². The van der Waals surface area contributed by atoms with Crippen molar-refractivity contribution < 1.29 is 9.59 Å². The van der Waals surface area contributed by atoms with Crippen LogP contribution in [0.5, 0.6) is 0 Å². The van der Waals surface area contributed by atoms with Gasteiger partial charge in [0.1, 0.15) is 0 Å². The minimum atomic E-state index is -0.120. The first-order valence-corrected chi connectivity index (χ1v) is 11.5. The molecule has 0 radical (unpaired) electrons. The summed E-state index contributed by atoms with van der Waals surface area (Å²) in [5.41, 5.74) is 3.98. The van der Waals surface area contributed by atoms with Gasteiger partial charge in [-0.2, -0.15) is 0 Å². The second-order valence-corrected chi connectivity index (χ2v) is 9.52. The van der Waals surface area contributed by atoms with E-state index in [9.17, 15) is 9.59 Å². The van der Waals surface area contributed by atoms with Gasteiger partial charge in [-0.05, 0) is 42.3 Å². The minimum Gasteiger partial charge on any atom is -0.360 e. The lowest BCUT2D eigenvalue weighted by molar-refractivity contribution is 0.0939. The number of carbonyl (C=O) groups is 2. The number of benzene rings is 1.